The lowest BCUT2D eigenvalue weighted by molar-refractivity contribution is 0.200. The molecule has 0 aliphatic carbocycles. The lowest BCUT2D eigenvalue weighted by atomic mass is 9.99. The van der Waals surface area contributed by atoms with Crippen LogP contribution in [0.3, 0.4) is 0 Å². The van der Waals surface area contributed by atoms with E-state index in [9.17, 15) is 0 Å². The van der Waals surface area contributed by atoms with Gasteiger partial charge in [0.15, 0.2) is 0 Å². The van der Waals surface area contributed by atoms with Gasteiger partial charge < -0.3 is 0 Å². The minimum absolute atomic E-state index is 0.628. The molecule has 17 heavy (non-hydrogen) atoms. The summed E-state index contributed by atoms with van der Waals surface area (Å²) in [6, 6.07) is 0. The van der Waals surface area contributed by atoms with E-state index in [1.807, 2.05) is 12.4 Å². The van der Waals surface area contributed by atoms with Crippen LogP contribution < -0.4 is 0 Å². The van der Waals surface area contributed by atoms with Gasteiger partial charge in [0.05, 0.1) is 11.6 Å². The molecule has 0 saturated carbocycles. The average molecular weight is 265 g/mol. The SMILES string of the molecule is c1csc(CN2CCC[C@H](c3nccs3)C2)n1. The first kappa shape index (κ1) is 11.3. The molecule has 1 saturated heterocycles. The van der Waals surface area contributed by atoms with Crippen LogP contribution in [0.2, 0.25) is 0 Å². The van der Waals surface area contributed by atoms with E-state index in [-0.39, 0.29) is 0 Å². The summed E-state index contributed by atoms with van der Waals surface area (Å²) >= 11 is 3.54. The van der Waals surface area contributed by atoms with Gasteiger partial charge in [-0.3, -0.25) is 4.90 Å². The summed E-state index contributed by atoms with van der Waals surface area (Å²) in [5.41, 5.74) is 0. The van der Waals surface area contributed by atoms with Crippen molar-refractivity contribution < 1.29 is 0 Å². The van der Waals surface area contributed by atoms with E-state index in [2.05, 4.69) is 25.6 Å². The Bertz CT molecular complexity index is 438. The zero-order valence-electron chi connectivity index (χ0n) is 9.58. The Morgan fingerprint density at radius 3 is 2.88 bits per heavy atom. The highest BCUT2D eigenvalue weighted by molar-refractivity contribution is 7.09. The van der Waals surface area contributed by atoms with Gasteiger partial charge in [-0.15, -0.1) is 22.7 Å². The second kappa shape index (κ2) is 5.25. The fourth-order valence-electron chi connectivity index (χ4n) is 2.36. The Hall–Kier alpha value is -0.780. The lowest BCUT2D eigenvalue weighted by Gasteiger charge is -2.31. The molecule has 3 rings (SSSR count). The van der Waals surface area contributed by atoms with E-state index in [0.29, 0.717) is 5.92 Å². The molecule has 90 valence electrons. The Morgan fingerprint density at radius 2 is 2.12 bits per heavy atom. The first-order chi connectivity index (χ1) is 8.42. The van der Waals surface area contributed by atoms with Crippen molar-refractivity contribution in [1.82, 2.24) is 14.9 Å². The van der Waals surface area contributed by atoms with E-state index in [0.717, 1.165) is 13.1 Å². The van der Waals surface area contributed by atoms with Crippen molar-refractivity contribution in [3.05, 3.63) is 33.2 Å². The summed E-state index contributed by atoms with van der Waals surface area (Å²) in [7, 11) is 0. The monoisotopic (exact) mass is 265 g/mol. The summed E-state index contributed by atoms with van der Waals surface area (Å²) < 4.78 is 0. The highest BCUT2D eigenvalue weighted by Gasteiger charge is 2.23. The molecule has 5 heteroatoms. The van der Waals surface area contributed by atoms with Gasteiger partial charge in [-0.05, 0) is 19.4 Å². The highest BCUT2D eigenvalue weighted by atomic mass is 32.1. The normalized spacial score (nSPS) is 21.8. The minimum Gasteiger partial charge on any atom is -0.296 e. The molecule has 2 aromatic rings. The van der Waals surface area contributed by atoms with Gasteiger partial charge in [0.2, 0.25) is 0 Å². The molecular formula is C12H15N3S2. The van der Waals surface area contributed by atoms with Crippen molar-refractivity contribution in [2.24, 2.45) is 0 Å². The molecule has 2 aromatic heterocycles. The van der Waals surface area contributed by atoms with Crippen LogP contribution in [-0.4, -0.2) is 28.0 Å². The first-order valence-corrected chi connectivity index (χ1v) is 7.68. The molecule has 3 nitrogen and oxygen atoms in total. The van der Waals surface area contributed by atoms with Gasteiger partial charge in [0.25, 0.3) is 0 Å². The maximum atomic E-state index is 4.45. The standard InChI is InChI=1S/C12H15N3S2/c1-2-10(12-14-4-7-17-12)8-15(5-1)9-11-13-3-6-16-11/h3-4,6-7,10H,1-2,5,8-9H2/t10-/m0/s1. The minimum atomic E-state index is 0.628. The number of rotatable bonds is 3. The number of hydrogen-bond acceptors (Lipinski definition) is 5. The van der Waals surface area contributed by atoms with Crippen LogP contribution >= 0.6 is 22.7 Å². The summed E-state index contributed by atoms with van der Waals surface area (Å²) in [4.78, 5) is 11.3. The maximum absolute atomic E-state index is 4.45. The number of hydrogen-bond donors (Lipinski definition) is 0. The third kappa shape index (κ3) is 2.73. The van der Waals surface area contributed by atoms with Crippen LogP contribution in [0.5, 0.6) is 0 Å². The molecule has 0 N–H and O–H groups in total. The maximum Gasteiger partial charge on any atom is 0.107 e. The van der Waals surface area contributed by atoms with Crippen molar-refractivity contribution in [3.63, 3.8) is 0 Å². The van der Waals surface area contributed by atoms with Crippen LogP contribution in [0.25, 0.3) is 0 Å². The highest BCUT2D eigenvalue weighted by Crippen LogP contribution is 2.28. The molecule has 0 aromatic carbocycles. The number of likely N-dealkylation sites (tertiary alicyclic amines) is 1. The number of aromatic nitrogens is 2. The Balaban J connectivity index is 1.64. The van der Waals surface area contributed by atoms with Crippen molar-refractivity contribution in [3.8, 4) is 0 Å². The predicted octanol–water partition coefficient (Wildman–Crippen LogP) is 2.98. The molecule has 0 radical (unpaired) electrons. The molecule has 0 amide bonds. The van der Waals surface area contributed by atoms with E-state index < -0.39 is 0 Å². The molecule has 0 unspecified atom stereocenters. The lowest BCUT2D eigenvalue weighted by Crippen LogP contribution is -2.33. The average Bonchev–Trinajstić information content (AvgIpc) is 3.01. The quantitative estimate of drug-likeness (QED) is 0.854. The zero-order chi connectivity index (χ0) is 11.5. The number of piperidine rings is 1. The molecule has 3 heterocycles. The van der Waals surface area contributed by atoms with Crippen LogP contribution in [0.1, 0.15) is 28.8 Å². The van der Waals surface area contributed by atoms with Crippen molar-refractivity contribution in [1.29, 1.82) is 0 Å². The number of thiazole rings is 2. The fourth-order valence-corrected chi connectivity index (χ4v) is 3.78. The second-order valence-electron chi connectivity index (χ2n) is 4.37. The van der Waals surface area contributed by atoms with E-state index in [1.54, 1.807) is 22.7 Å². The summed E-state index contributed by atoms with van der Waals surface area (Å²) in [6.45, 7) is 3.33. The van der Waals surface area contributed by atoms with Gasteiger partial charge in [-0.1, -0.05) is 0 Å². The van der Waals surface area contributed by atoms with Gasteiger partial charge in [0.1, 0.15) is 5.01 Å². The van der Waals surface area contributed by atoms with Crippen molar-refractivity contribution in [2.75, 3.05) is 13.1 Å². The summed E-state index contributed by atoms with van der Waals surface area (Å²) in [5.74, 6) is 0.628. The van der Waals surface area contributed by atoms with E-state index in [4.69, 9.17) is 0 Å². The van der Waals surface area contributed by atoms with Crippen LogP contribution in [0.4, 0.5) is 0 Å². The van der Waals surface area contributed by atoms with Crippen LogP contribution in [0, 0.1) is 0 Å². The Labute approximate surface area is 109 Å². The topological polar surface area (TPSA) is 29.0 Å². The van der Waals surface area contributed by atoms with E-state index >= 15 is 0 Å². The smallest absolute Gasteiger partial charge is 0.107 e. The summed E-state index contributed by atoms with van der Waals surface area (Å²) in [5, 5.41) is 6.66. The first-order valence-electron chi connectivity index (χ1n) is 5.92. The van der Waals surface area contributed by atoms with E-state index in [1.165, 1.54) is 29.4 Å². The third-order valence-corrected chi connectivity index (χ3v) is 4.85. The van der Waals surface area contributed by atoms with Gasteiger partial charge in [-0.25, -0.2) is 9.97 Å². The molecular weight excluding hydrogens is 250 g/mol. The molecule has 1 aliphatic rings. The largest absolute Gasteiger partial charge is 0.296 e. The summed E-state index contributed by atoms with van der Waals surface area (Å²) in [6.07, 6.45) is 6.36. The van der Waals surface area contributed by atoms with Gasteiger partial charge >= 0.3 is 0 Å². The second-order valence-corrected chi connectivity index (χ2v) is 6.28. The van der Waals surface area contributed by atoms with Crippen LogP contribution in [0.15, 0.2) is 23.2 Å². The van der Waals surface area contributed by atoms with Crippen molar-refractivity contribution in [2.45, 2.75) is 25.3 Å². The molecule has 1 fully saturated rings. The number of nitrogens with zero attached hydrogens (tertiary/aromatic N) is 3. The molecule has 1 atom stereocenters. The molecule has 0 spiro atoms. The third-order valence-electron chi connectivity index (χ3n) is 3.15. The zero-order valence-corrected chi connectivity index (χ0v) is 11.2. The van der Waals surface area contributed by atoms with Crippen molar-refractivity contribution >= 4 is 22.7 Å². The van der Waals surface area contributed by atoms with Gasteiger partial charge in [0, 0.05) is 35.6 Å². The fraction of sp³-hybridized carbons (Fsp3) is 0.500. The van der Waals surface area contributed by atoms with Gasteiger partial charge in [-0.2, -0.15) is 0 Å². The van der Waals surface area contributed by atoms with Crippen LogP contribution in [-0.2, 0) is 6.54 Å². The Kier molecular flexibility index (Phi) is 3.49. The predicted molar refractivity (Wildman–Crippen MR) is 71.5 cm³/mol. The molecule has 0 bridgehead atoms. The molecule has 1 aliphatic heterocycles. The Morgan fingerprint density at radius 1 is 1.24 bits per heavy atom.